The quantitative estimate of drug-likeness (QED) is 0.519. The van der Waals surface area contributed by atoms with Gasteiger partial charge in [-0.3, -0.25) is 9.59 Å². The molecular weight excluding hydrogens is 264 g/mol. The number of carbonyl (C=O) groups excluding carboxylic acids is 2. The third kappa shape index (κ3) is 8.10. The average Bonchev–Trinajstić information content (AvgIpc) is 2.32. The van der Waals surface area contributed by atoms with Gasteiger partial charge in [-0.25, -0.2) is 0 Å². The van der Waals surface area contributed by atoms with Crippen LogP contribution < -0.4 is 10.6 Å². The lowest BCUT2D eigenvalue weighted by Crippen LogP contribution is -2.51. The summed E-state index contributed by atoms with van der Waals surface area (Å²) in [5, 5.41) is 15.0. The van der Waals surface area contributed by atoms with Crippen molar-refractivity contribution in [3.8, 4) is 0 Å². The summed E-state index contributed by atoms with van der Waals surface area (Å²) < 4.78 is 0. The lowest BCUT2D eigenvalue weighted by molar-refractivity contribution is -0.126. The molecule has 19 heavy (non-hydrogen) atoms. The number of amides is 2. The highest BCUT2D eigenvalue weighted by atomic mass is 32.2. The molecule has 2 amide bonds. The van der Waals surface area contributed by atoms with E-state index in [1.807, 2.05) is 20.1 Å². The van der Waals surface area contributed by atoms with Crippen molar-refractivity contribution in [1.82, 2.24) is 10.6 Å². The van der Waals surface area contributed by atoms with Gasteiger partial charge in [-0.15, -0.1) is 0 Å². The Kier molecular flexibility index (Phi) is 9.69. The average molecular weight is 290 g/mol. The van der Waals surface area contributed by atoms with Gasteiger partial charge in [0, 0.05) is 0 Å². The van der Waals surface area contributed by atoms with Gasteiger partial charge in [0.05, 0.1) is 12.1 Å². The molecule has 0 aromatic heterocycles. The minimum atomic E-state index is -0.608. The van der Waals surface area contributed by atoms with E-state index in [1.54, 1.807) is 18.7 Å². The molecule has 0 bridgehead atoms. The second-order valence-corrected chi connectivity index (χ2v) is 6.09. The van der Waals surface area contributed by atoms with Gasteiger partial charge in [-0.2, -0.15) is 11.8 Å². The summed E-state index contributed by atoms with van der Waals surface area (Å²) >= 11 is 1.62. The monoisotopic (exact) mass is 290 g/mol. The van der Waals surface area contributed by atoms with E-state index >= 15 is 0 Å². The van der Waals surface area contributed by atoms with E-state index in [9.17, 15) is 14.7 Å². The van der Waals surface area contributed by atoms with Crippen LogP contribution in [0.2, 0.25) is 0 Å². The fourth-order valence-corrected chi connectivity index (χ4v) is 2.25. The van der Waals surface area contributed by atoms with Gasteiger partial charge in [0.25, 0.3) is 0 Å². The zero-order chi connectivity index (χ0) is 14.8. The Labute approximate surface area is 119 Å². The van der Waals surface area contributed by atoms with Crippen molar-refractivity contribution in [2.45, 2.75) is 51.8 Å². The predicted octanol–water partition coefficient (Wildman–Crippen LogP) is 0.766. The lowest BCUT2D eigenvalue weighted by atomic mass is 9.99. The van der Waals surface area contributed by atoms with Crippen LogP contribution in [0.1, 0.15) is 33.6 Å². The fraction of sp³-hybridized carbons (Fsp3) is 0.846. The molecule has 0 heterocycles. The van der Waals surface area contributed by atoms with E-state index in [0.717, 1.165) is 5.75 Å². The summed E-state index contributed by atoms with van der Waals surface area (Å²) in [6.45, 7) is 5.74. The first-order valence-corrected chi connectivity index (χ1v) is 7.98. The Balaban J connectivity index is 4.51. The number of hydrogen-bond acceptors (Lipinski definition) is 4. The molecule has 0 rings (SSSR count). The van der Waals surface area contributed by atoms with E-state index in [2.05, 4.69) is 10.6 Å². The maximum Gasteiger partial charge on any atom is 0.242 e. The normalized spacial score (nSPS) is 15.7. The highest BCUT2D eigenvalue weighted by molar-refractivity contribution is 7.98. The van der Waals surface area contributed by atoms with Gasteiger partial charge in [-0.05, 0) is 37.7 Å². The summed E-state index contributed by atoms with van der Waals surface area (Å²) in [7, 11) is 0. The van der Waals surface area contributed by atoms with Crippen LogP contribution in [0.15, 0.2) is 0 Å². The van der Waals surface area contributed by atoms with Crippen molar-refractivity contribution in [1.29, 1.82) is 0 Å². The Hall–Kier alpha value is -0.750. The zero-order valence-electron chi connectivity index (χ0n) is 12.2. The second kappa shape index (κ2) is 10.1. The maximum atomic E-state index is 12.1. The molecule has 0 aliphatic carbocycles. The van der Waals surface area contributed by atoms with E-state index in [1.165, 1.54) is 0 Å². The molecule has 0 fully saturated rings. The van der Waals surface area contributed by atoms with Gasteiger partial charge in [-0.1, -0.05) is 13.8 Å². The van der Waals surface area contributed by atoms with Crippen LogP contribution >= 0.6 is 11.8 Å². The fourth-order valence-electron chi connectivity index (χ4n) is 1.78. The minimum Gasteiger partial charge on any atom is -0.391 e. The molecular formula is C13H26N2O3S. The van der Waals surface area contributed by atoms with Crippen LogP contribution in [0.5, 0.6) is 0 Å². The Morgan fingerprint density at radius 3 is 2.42 bits per heavy atom. The number of rotatable bonds is 10. The molecule has 0 aliphatic rings. The molecule has 0 spiro atoms. The molecule has 0 radical (unpaired) electrons. The first-order chi connectivity index (χ1) is 8.92. The summed E-state index contributed by atoms with van der Waals surface area (Å²) in [5.74, 6) is 0.943. The first kappa shape index (κ1) is 18.2. The zero-order valence-corrected chi connectivity index (χ0v) is 13.0. The van der Waals surface area contributed by atoms with Gasteiger partial charge in [0.15, 0.2) is 0 Å². The summed E-state index contributed by atoms with van der Waals surface area (Å²) in [6, 6.07) is -0.809. The smallest absolute Gasteiger partial charge is 0.242 e. The largest absolute Gasteiger partial charge is 0.391 e. The number of aliphatic hydroxyl groups is 1. The van der Waals surface area contributed by atoms with Crippen LogP contribution in [0.25, 0.3) is 0 Å². The molecule has 3 atom stereocenters. The van der Waals surface area contributed by atoms with Crippen LogP contribution in [0.4, 0.5) is 0 Å². The number of carbonyl (C=O) groups is 2. The highest BCUT2D eigenvalue weighted by Crippen LogP contribution is 2.09. The molecule has 6 heteroatoms. The van der Waals surface area contributed by atoms with Crippen molar-refractivity contribution in [2.24, 2.45) is 5.92 Å². The van der Waals surface area contributed by atoms with E-state index in [-0.39, 0.29) is 11.9 Å². The molecule has 0 saturated heterocycles. The number of hydrogen-bond donors (Lipinski definition) is 3. The van der Waals surface area contributed by atoms with Crippen molar-refractivity contribution >= 4 is 24.1 Å². The maximum absolute atomic E-state index is 12.1. The number of aliphatic hydroxyl groups excluding tert-OH is 1. The Bertz CT molecular complexity index is 273. The van der Waals surface area contributed by atoms with Gasteiger partial charge < -0.3 is 15.7 Å². The van der Waals surface area contributed by atoms with Crippen molar-refractivity contribution < 1.29 is 14.7 Å². The SMILES string of the molecule is CSCCC(NC=O)C(=O)NC(CC(C)C)C(C)O. The summed E-state index contributed by atoms with van der Waals surface area (Å²) in [4.78, 5) is 22.6. The molecule has 0 aromatic carbocycles. The molecule has 3 unspecified atom stereocenters. The third-order valence-corrected chi connectivity index (χ3v) is 3.48. The number of nitrogens with one attached hydrogen (secondary N) is 2. The third-order valence-electron chi connectivity index (χ3n) is 2.83. The van der Waals surface area contributed by atoms with Crippen molar-refractivity contribution in [2.75, 3.05) is 12.0 Å². The van der Waals surface area contributed by atoms with Gasteiger partial charge in [0.1, 0.15) is 6.04 Å². The van der Waals surface area contributed by atoms with E-state index in [4.69, 9.17) is 0 Å². The molecule has 112 valence electrons. The topological polar surface area (TPSA) is 78.4 Å². The van der Waals surface area contributed by atoms with Crippen LogP contribution in [-0.2, 0) is 9.59 Å². The number of thioether (sulfide) groups is 1. The first-order valence-electron chi connectivity index (χ1n) is 6.59. The van der Waals surface area contributed by atoms with Gasteiger partial charge >= 0.3 is 0 Å². The molecule has 0 aromatic rings. The Morgan fingerprint density at radius 2 is 2.00 bits per heavy atom. The van der Waals surface area contributed by atoms with Crippen molar-refractivity contribution in [3.05, 3.63) is 0 Å². The highest BCUT2D eigenvalue weighted by Gasteiger charge is 2.23. The van der Waals surface area contributed by atoms with E-state index < -0.39 is 12.1 Å². The van der Waals surface area contributed by atoms with Gasteiger partial charge in [0.2, 0.25) is 12.3 Å². The predicted molar refractivity (Wildman–Crippen MR) is 79.1 cm³/mol. The minimum absolute atomic E-state index is 0.229. The van der Waals surface area contributed by atoms with E-state index in [0.29, 0.717) is 25.2 Å². The molecule has 0 aliphatic heterocycles. The molecule has 5 nitrogen and oxygen atoms in total. The molecule has 0 saturated carbocycles. The Morgan fingerprint density at radius 1 is 1.37 bits per heavy atom. The van der Waals surface area contributed by atoms with Crippen LogP contribution in [-0.4, -0.2) is 47.6 Å². The second-order valence-electron chi connectivity index (χ2n) is 5.10. The van der Waals surface area contributed by atoms with Crippen LogP contribution in [0, 0.1) is 5.92 Å². The summed E-state index contributed by atoms with van der Waals surface area (Å²) in [5.41, 5.74) is 0. The standard InChI is InChI=1S/C13H26N2O3S/c1-9(2)7-12(10(3)17)15-13(18)11(14-8-16)5-6-19-4/h8-12,17H,5-7H2,1-4H3,(H,14,16)(H,15,18). The van der Waals surface area contributed by atoms with Crippen LogP contribution in [0.3, 0.4) is 0 Å². The molecule has 3 N–H and O–H groups in total. The lowest BCUT2D eigenvalue weighted by Gasteiger charge is -2.25. The van der Waals surface area contributed by atoms with Crippen molar-refractivity contribution in [3.63, 3.8) is 0 Å². The summed E-state index contributed by atoms with van der Waals surface area (Å²) in [6.07, 6.45) is 3.18.